The van der Waals surface area contributed by atoms with Crippen LogP contribution in [0.5, 0.6) is 0 Å². The molecule has 2 aromatic heterocycles. The van der Waals surface area contributed by atoms with Gasteiger partial charge in [0.25, 0.3) is 0 Å². The van der Waals surface area contributed by atoms with Gasteiger partial charge in [-0.2, -0.15) is 0 Å². The lowest BCUT2D eigenvalue weighted by Crippen LogP contribution is -2.18. The molecule has 266 valence electrons. The number of fused-ring (bicyclic) bond motifs is 13. The van der Waals surface area contributed by atoms with Gasteiger partial charge in [-0.15, -0.1) is 0 Å². The van der Waals surface area contributed by atoms with Crippen LogP contribution in [0.15, 0.2) is 167 Å². The minimum atomic E-state index is -0.110. The van der Waals surface area contributed by atoms with Gasteiger partial charge in [-0.1, -0.05) is 137 Å². The third-order valence-electron chi connectivity index (χ3n) is 13.1. The Morgan fingerprint density at radius 1 is 0.321 bits per heavy atom. The third kappa shape index (κ3) is 4.27. The van der Waals surface area contributed by atoms with Crippen molar-refractivity contribution in [1.82, 2.24) is 0 Å². The Bertz CT molecular complexity index is 3300. The van der Waals surface area contributed by atoms with E-state index in [1.54, 1.807) is 0 Å². The summed E-state index contributed by atoms with van der Waals surface area (Å²) in [4.78, 5) is 0. The van der Waals surface area contributed by atoms with Crippen LogP contribution in [0.4, 0.5) is 0 Å². The molecular formula is C54H38O2. The molecule has 0 aliphatic heterocycles. The molecule has 0 bridgehead atoms. The zero-order valence-corrected chi connectivity index (χ0v) is 31.8. The van der Waals surface area contributed by atoms with Crippen molar-refractivity contribution in [3.05, 3.63) is 180 Å². The first-order valence-electron chi connectivity index (χ1n) is 19.7. The summed E-state index contributed by atoms with van der Waals surface area (Å²) in [7, 11) is 0. The van der Waals surface area contributed by atoms with E-state index in [4.69, 9.17) is 8.83 Å². The lowest BCUT2D eigenvalue weighted by atomic mass is 9.77. The number of hydrogen-bond acceptors (Lipinski definition) is 2. The standard InChI is InChI=1S/C54H38O2/c1-53(2)45-22-21-38-37-15-8-9-16-44(37)54(3,4)52(38)51(45)39-20-17-36(28-46(39)53)33-14-10-13-32(25-33)35-19-24-48-41(27-35)43-30-49-42(29-50(43)56-48)40-26-34(18-23-47(40)55-49)31-11-6-5-7-12-31/h5-30H,1-4H3. The molecule has 56 heavy (non-hydrogen) atoms. The zero-order chi connectivity index (χ0) is 37.5. The second kappa shape index (κ2) is 11.0. The zero-order valence-electron chi connectivity index (χ0n) is 31.8. The average molecular weight is 719 g/mol. The SMILES string of the molecule is CC1(C)c2cc(-c3cccc(-c4ccc5oc6cc7c(cc6c5c4)oc4ccc(-c5ccccc5)cc47)c3)ccc2-c2c1ccc1c2C(C)(C)c2ccccc2-1. The van der Waals surface area contributed by atoms with E-state index in [0.717, 1.165) is 49.4 Å². The summed E-state index contributed by atoms with van der Waals surface area (Å²) >= 11 is 0. The van der Waals surface area contributed by atoms with E-state index in [9.17, 15) is 0 Å². The monoisotopic (exact) mass is 718 g/mol. The van der Waals surface area contributed by atoms with Crippen molar-refractivity contribution in [3.63, 3.8) is 0 Å². The first-order valence-corrected chi connectivity index (χ1v) is 19.7. The third-order valence-corrected chi connectivity index (χ3v) is 13.1. The lowest BCUT2D eigenvalue weighted by molar-refractivity contribution is 0.647. The highest BCUT2D eigenvalue weighted by Crippen LogP contribution is 2.59. The van der Waals surface area contributed by atoms with Crippen LogP contribution in [0, 0.1) is 0 Å². The first kappa shape index (κ1) is 31.7. The van der Waals surface area contributed by atoms with Gasteiger partial charge < -0.3 is 8.83 Å². The highest BCUT2D eigenvalue weighted by molar-refractivity contribution is 6.15. The molecule has 0 saturated carbocycles. The summed E-state index contributed by atoms with van der Waals surface area (Å²) in [5.74, 6) is 0. The van der Waals surface area contributed by atoms with Gasteiger partial charge in [0, 0.05) is 32.4 Å². The molecule has 0 atom stereocenters. The van der Waals surface area contributed by atoms with Crippen molar-refractivity contribution in [1.29, 1.82) is 0 Å². The molecule has 8 aromatic carbocycles. The smallest absolute Gasteiger partial charge is 0.136 e. The van der Waals surface area contributed by atoms with E-state index in [-0.39, 0.29) is 10.8 Å². The molecule has 10 aromatic rings. The van der Waals surface area contributed by atoms with E-state index < -0.39 is 0 Å². The van der Waals surface area contributed by atoms with Crippen LogP contribution in [-0.2, 0) is 10.8 Å². The molecule has 2 heterocycles. The van der Waals surface area contributed by atoms with E-state index in [2.05, 4.69) is 179 Å². The van der Waals surface area contributed by atoms with Crippen molar-refractivity contribution < 1.29 is 8.83 Å². The molecule has 0 saturated heterocycles. The van der Waals surface area contributed by atoms with Crippen molar-refractivity contribution >= 4 is 43.9 Å². The van der Waals surface area contributed by atoms with Gasteiger partial charge in [-0.05, 0) is 126 Å². The second-order valence-electron chi connectivity index (χ2n) is 16.9. The molecule has 12 rings (SSSR count). The average Bonchev–Trinajstić information content (AvgIpc) is 3.91. The maximum absolute atomic E-state index is 6.48. The van der Waals surface area contributed by atoms with Gasteiger partial charge in [0.1, 0.15) is 22.3 Å². The van der Waals surface area contributed by atoms with Crippen molar-refractivity contribution in [2.75, 3.05) is 0 Å². The molecule has 2 nitrogen and oxygen atoms in total. The fourth-order valence-corrected chi connectivity index (χ4v) is 10.2. The molecule has 0 fully saturated rings. The molecule has 0 unspecified atom stereocenters. The van der Waals surface area contributed by atoms with Gasteiger partial charge in [-0.3, -0.25) is 0 Å². The van der Waals surface area contributed by atoms with Crippen LogP contribution in [-0.4, -0.2) is 0 Å². The summed E-state index contributed by atoms with van der Waals surface area (Å²) in [6.45, 7) is 9.58. The van der Waals surface area contributed by atoms with E-state index >= 15 is 0 Å². The van der Waals surface area contributed by atoms with Crippen LogP contribution >= 0.6 is 0 Å². The summed E-state index contributed by atoms with van der Waals surface area (Å²) in [5.41, 5.74) is 21.7. The van der Waals surface area contributed by atoms with Crippen LogP contribution < -0.4 is 0 Å². The highest BCUT2D eigenvalue weighted by atomic mass is 16.3. The number of furan rings is 2. The van der Waals surface area contributed by atoms with Crippen LogP contribution in [0.1, 0.15) is 49.9 Å². The topological polar surface area (TPSA) is 26.3 Å². The first-order chi connectivity index (χ1) is 27.2. The van der Waals surface area contributed by atoms with Crippen LogP contribution in [0.25, 0.3) is 99.5 Å². The van der Waals surface area contributed by atoms with E-state index in [0.29, 0.717) is 0 Å². The fraction of sp³-hybridized carbons (Fsp3) is 0.111. The van der Waals surface area contributed by atoms with E-state index in [1.165, 1.54) is 72.3 Å². The molecule has 0 spiro atoms. The van der Waals surface area contributed by atoms with Gasteiger partial charge in [0.15, 0.2) is 0 Å². The Morgan fingerprint density at radius 3 is 1.55 bits per heavy atom. The van der Waals surface area contributed by atoms with Crippen molar-refractivity contribution in [2.24, 2.45) is 0 Å². The highest BCUT2D eigenvalue weighted by Gasteiger charge is 2.44. The Balaban J connectivity index is 0.931. The van der Waals surface area contributed by atoms with Gasteiger partial charge in [0.05, 0.1) is 0 Å². The molecule has 2 aliphatic carbocycles. The van der Waals surface area contributed by atoms with Crippen molar-refractivity contribution in [2.45, 2.75) is 38.5 Å². The van der Waals surface area contributed by atoms with Gasteiger partial charge >= 0.3 is 0 Å². The van der Waals surface area contributed by atoms with E-state index in [1.807, 2.05) is 6.07 Å². The minimum Gasteiger partial charge on any atom is -0.456 e. The maximum Gasteiger partial charge on any atom is 0.136 e. The number of hydrogen-bond donors (Lipinski definition) is 0. The minimum absolute atomic E-state index is 0.0615. The summed E-state index contributed by atoms with van der Waals surface area (Å²) in [5, 5.41) is 4.31. The molecule has 0 N–H and O–H groups in total. The molecule has 2 heteroatoms. The van der Waals surface area contributed by atoms with Crippen LogP contribution in [0.3, 0.4) is 0 Å². The normalized spacial score (nSPS) is 14.7. The quantitative estimate of drug-likeness (QED) is 0.182. The largest absolute Gasteiger partial charge is 0.456 e. The molecular weight excluding hydrogens is 681 g/mol. The maximum atomic E-state index is 6.48. The van der Waals surface area contributed by atoms with Crippen LogP contribution in [0.2, 0.25) is 0 Å². The summed E-state index contributed by atoms with van der Waals surface area (Å²) < 4.78 is 12.9. The molecule has 0 radical (unpaired) electrons. The second-order valence-corrected chi connectivity index (χ2v) is 16.9. The Hall–Kier alpha value is -6.64. The Labute approximate surface area is 325 Å². The Morgan fingerprint density at radius 2 is 0.857 bits per heavy atom. The predicted octanol–water partition coefficient (Wildman–Crippen LogP) is 15.1. The molecule has 2 aliphatic rings. The number of benzene rings is 8. The number of rotatable bonds is 3. The van der Waals surface area contributed by atoms with Crippen molar-refractivity contribution in [3.8, 4) is 55.6 Å². The lowest BCUT2D eigenvalue weighted by Gasteiger charge is -2.26. The van der Waals surface area contributed by atoms with Gasteiger partial charge in [-0.25, -0.2) is 0 Å². The summed E-state index contributed by atoms with van der Waals surface area (Å²) in [6.07, 6.45) is 0. The fourth-order valence-electron chi connectivity index (χ4n) is 10.2. The predicted molar refractivity (Wildman–Crippen MR) is 232 cm³/mol. The molecule has 0 amide bonds. The van der Waals surface area contributed by atoms with Gasteiger partial charge in [0.2, 0.25) is 0 Å². The summed E-state index contributed by atoms with van der Waals surface area (Å²) in [6, 6.07) is 57.6. The Kier molecular flexibility index (Phi) is 6.22.